The fraction of sp³-hybridized carbons (Fsp3) is 0.433. The fourth-order valence-corrected chi connectivity index (χ4v) is 6.53. The average Bonchev–Trinajstić information content (AvgIpc) is 2.84. The van der Waals surface area contributed by atoms with Crippen LogP contribution in [0.15, 0.2) is 41.2 Å². The number of likely N-dealkylation sites (N-methyl/N-ethyl adjacent to an activating group) is 1. The summed E-state index contributed by atoms with van der Waals surface area (Å²) in [6, 6.07) is 6.43. The second-order valence-electron chi connectivity index (χ2n) is 12.4. The number of aliphatic hydroxyl groups excluding tert-OH is 2. The van der Waals surface area contributed by atoms with Crippen LogP contribution in [0.4, 0.5) is 0 Å². The van der Waals surface area contributed by atoms with Crippen molar-refractivity contribution in [2.24, 2.45) is 17.6 Å². The highest BCUT2D eigenvalue weighted by Crippen LogP contribution is 2.53. The molecule has 7 N–H and O–H groups in total. The first-order chi connectivity index (χ1) is 18.6. The smallest absolute Gasteiger partial charge is 0.255 e. The van der Waals surface area contributed by atoms with Crippen molar-refractivity contribution in [2.75, 3.05) is 14.1 Å². The summed E-state index contributed by atoms with van der Waals surface area (Å²) in [4.78, 5) is 40.7. The van der Waals surface area contributed by atoms with Crippen molar-refractivity contribution in [3.63, 3.8) is 0 Å². The van der Waals surface area contributed by atoms with E-state index in [-0.39, 0.29) is 35.3 Å². The molecule has 0 aliphatic heterocycles. The van der Waals surface area contributed by atoms with E-state index < -0.39 is 58.0 Å². The molecule has 0 spiro atoms. The first-order valence-corrected chi connectivity index (χ1v) is 13.2. The zero-order valence-corrected chi connectivity index (χ0v) is 23.2. The Morgan fingerprint density at radius 3 is 2.42 bits per heavy atom. The van der Waals surface area contributed by atoms with Crippen LogP contribution in [0.2, 0.25) is 0 Å². The molecule has 3 aliphatic carbocycles. The SMILES string of the molecule is CN(C)[C@@H]1C(=O)C(C(N)=O)=C(O)[C@@]2(O)C(=O)C3=C(O)c4c(cc5ccc(CNC(C)(C)C)cc5c4O)C[C@H]3C[C@@H]12. The number of primary amides is 1. The maximum absolute atomic E-state index is 14.0. The van der Waals surface area contributed by atoms with E-state index in [4.69, 9.17) is 5.73 Å². The lowest BCUT2D eigenvalue weighted by molar-refractivity contribution is -0.153. The van der Waals surface area contributed by atoms with Gasteiger partial charge < -0.3 is 31.5 Å². The highest BCUT2D eigenvalue weighted by molar-refractivity contribution is 6.24. The van der Waals surface area contributed by atoms with Crippen molar-refractivity contribution >= 4 is 34.0 Å². The zero-order chi connectivity index (χ0) is 29.5. The van der Waals surface area contributed by atoms with Gasteiger partial charge >= 0.3 is 0 Å². The number of benzene rings is 2. The molecule has 40 heavy (non-hydrogen) atoms. The van der Waals surface area contributed by atoms with Crippen LogP contribution in [0.5, 0.6) is 5.75 Å². The van der Waals surface area contributed by atoms with Crippen molar-refractivity contribution in [1.29, 1.82) is 0 Å². The molecule has 1 saturated carbocycles. The summed E-state index contributed by atoms with van der Waals surface area (Å²) >= 11 is 0. The van der Waals surface area contributed by atoms with Crippen LogP contribution in [-0.2, 0) is 27.3 Å². The Morgan fingerprint density at radius 1 is 1.15 bits per heavy atom. The Kier molecular flexibility index (Phi) is 6.37. The molecule has 2 aromatic carbocycles. The van der Waals surface area contributed by atoms with E-state index in [9.17, 15) is 34.8 Å². The van der Waals surface area contributed by atoms with Crippen LogP contribution in [0.1, 0.15) is 43.9 Å². The van der Waals surface area contributed by atoms with E-state index in [2.05, 4.69) is 5.32 Å². The maximum Gasteiger partial charge on any atom is 0.255 e. The summed E-state index contributed by atoms with van der Waals surface area (Å²) in [6.45, 7) is 6.69. The third kappa shape index (κ3) is 4.01. The van der Waals surface area contributed by atoms with Crippen LogP contribution in [0.25, 0.3) is 16.5 Å². The number of ketones is 2. The van der Waals surface area contributed by atoms with Crippen molar-refractivity contribution in [2.45, 2.75) is 57.3 Å². The van der Waals surface area contributed by atoms with E-state index in [0.29, 0.717) is 17.5 Å². The lowest BCUT2D eigenvalue weighted by atomic mass is 9.57. The highest BCUT2D eigenvalue weighted by Gasteiger charge is 2.64. The second kappa shape index (κ2) is 9.15. The third-order valence-corrected chi connectivity index (χ3v) is 8.41. The van der Waals surface area contributed by atoms with Gasteiger partial charge in [-0.3, -0.25) is 19.3 Å². The van der Waals surface area contributed by atoms with Gasteiger partial charge in [0.15, 0.2) is 11.4 Å². The third-order valence-electron chi connectivity index (χ3n) is 8.41. The van der Waals surface area contributed by atoms with Gasteiger partial charge in [0.25, 0.3) is 5.91 Å². The number of phenols is 1. The van der Waals surface area contributed by atoms with Crippen molar-refractivity contribution in [3.8, 4) is 5.75 Å². The van der Waals surface area contributed by atoms with E-state index in [1.807, 2.05) is 45.0 Å². The number of rotatable bonds is 4. The lowest BCUT2D eigenvalue weighted by Gasteiger charge is -2.50. The maximum atomic E-state index is 14.0. The topological polar surface area (TPSA) is 173 Å². The van der Waals surface area contributed by atoms with Gasteiger partial charge in [-0.25, -0.2) is 0 Å². The number of amides is 1. The Hall–Kier alpha value is -3.73. The minimum atomic E-state index is -2.65. The zero-order valence-electron chi connectivity index (χ0n) is 23.2. The molecule has 1 fully saturated rings. The summed E-state index contributed by atoms with van der Waals surface area (Å²) in [6.07, 6.45) is 0.313. The van der Waals surface area contributed by atoms with E-state index >= 15 is 0 Å². The molecule has 212 valence electrons. The normalized spacial score (nSPS) is 26.7. The summed E-state index contributed by atoms with van der Waals surface area (Å²) in [5, 5.41) is 50.1. The van der Waals surface area contributed by atoms with Gasteiger partial charge in [-0.2, -0.15) is 0 Å². The molecule has 10 nitrogen and oxygen atoms in total. The van der Waals surface area contributed by atoms with Gasteiger partial charge in [0.05, 0.1) is 11.6 Å². The second-order valence-corrected chi connectivity index (χ2v) is 12.4. The molecule has 3 aliphatic rings. The molecular weight excluding hydrogens is 514 g/mol. The average molecular weight is 550 g/mol. The van der Waals surface area contributed by atoms with Gasteiger partial charge in [-0.1, -0.05) is 18.2 Å². The van der Waals surface area contributed by atoms with Crippen molar-refractivity contribution < 1.29 is 34.8 Å². The molecule has 0 aromatic heterocycles. The Morgan fingerprint density at radius 2 is 1.82 bits per heavy atom. The summed E-state index contributed by atoms with van der Waals surface area (Å²) in [5.74, 6) is -6.53. The van der Waals surface area contributed by atoms with Gasteiger partial charge in [-0.15, -0.1) is 0 Å². The largest absolute Gasteiger partial charge is 0.508 e. The molecule has 10 heteroatoms. The number of hydrogen-bond acceptors (Lipinski definition) is 9. The lowest BCUT2D eigenvalue weighted by Crippen LogP contribution is -2.65. The predicted molar refractivity (Wildman–Crippen MR) is 148 cm³/mol. The number of nitrogens with two attached hydrogens (primary N) is 1. The standard InChI is InChI=1S/C30H35N3O7/c1-29(2,3)32-12-13-6-7-14-9-15-10-16-11-18-22(33(4)5)25(36)21(28(31)39)27(38)30(18,40)26(37)20(16)24(35)19(15)23(34)17(14)8-13/h6-9,16,18,22,32,34-35,38,40H,10-12H2,1-5H3,(H2,31,39)/t16-,18-,22-,30-/m0/s1. The molecule has 1 amide bonds. The molecule has 0 unspecified atom stereocenters. The molecule has 0 saturated heterocycles. The number of aliphatic hydroxyl groups is 3. The van der Waals surface area contributed by atoms with Gasteiger partial charge in [0.2, 0.25) is 5.78 Å². The minimum Gasteiger partial charge on any atom is -0.508 e. The Balaban J connectivity index is 1.67. The number of Topliss-reactive ketones (excluding diaryl/α,β-unsaturated/α-hetero) is 2. The van der Waals surface area contributed by atoms with E-state index in [1.165, 1.54) is 4.90 Å². The summed E-state index contributed by atoms with van der Waals surface area (Å²) < 4.78 is 0. The molecule has 0 heterocycles. The molecule has 0 radical (unpaired) electrons. The van der Waals surface area contributed by atoms with Crippen LogP contribution >= 0.6 is 0 Å². The van der Waals surface area contributed by atoms with Gasteiger partial charge in [0, 0.05) is 29.0 Å². The highest BCUT2D eigenvalue weighted by atomic mass is 16.3. The van der Waals surface area contributed by atoms with Gasteiger partial charge in [0.1, 0.15) is 22.8 Å². The summed E-state index contributed by atoms with van der Waals surface area (Å²) in [5.41, 5.74) is 3.24. The predicted octanol–water partition coefficient (Wildman–Crippen LogP) is 2.01. The minimum absolute atomic E-state index is 0.0575. The van der Waals surface area contributed by atoms with E-state index in [1.54, 1.807) is 14.1 Å². The quantitative estimate of drug-likeness (QED) is 0.312. The number of nitrogens with one attached hydrogen (secondary N) is 1. The monoisotopic (exact) mass is 549 g/mol. The summed E-state index contributed by atoms with van der Waals surface area (Å²) in [7, 11) is 3.14. The fourth-order valence-electron chi connectivity index (χ4n) is 6.53. The molecule has 2 aromatic rings. The first-order valence-electron chi connectivity index (χ1n) is 13.2. The number of hydrogen-bond donors (Lipinski definition) is 6. The number of carbonyl (C=O) groups is 3. The number of fused-ring (bicyclic) bond motifs is 4. The van der Waals surface area contributed by atoms with Crippen LogP contribution in [0, 0.1) is 11.8 Å². The van der Waals surface area contributed by atoms with Crippen LogP contribution in [0.3, 0.4) is 0 Å². The van der Waals surface area contributed by atoms with Crippen LogP contribution < -0.4 is 11.1 Å². The molecular formula is C30H35N3O7. The Labute approximate surface area is 231 Å². The number of aromatic hydroxyl groups is 1. The molecule has 0 bridgehead atoms. The van der Waals surface area contributed by atoms with Crippen LogP contribution in [-0.4, -0.2) is 74.1 Å². The molecule has 4 atom stereocenters. The van der Waals surface area contributed by atoms with Crippen molar-refractivity contribution in [3.05, 3.63) is 57.9 Å². The number of carbonyl (C=O) groups excluding carboxylic acids is 3. The first kappa shape index (κ1) is 27.8. The number of nitrogens with zero attached hydrogens (tertiary/aromatic N) is 1. The molecule has 5 rings (SSSR count). The van der Waals surface area contributed by atoms with Crippen molar-refractivity contribution in [1.82, 2.24) is 10.2 Å². The Bertz CT molecular complexity index is 1550. The van der Waals surface area contributed by atoms with E-state index in [0.717, 1.165) is 10.9 Å². The number of phenolic OH excluding ortho intramolecular Hbond substituents is 1. The van der Waals surface area contributed by atoms with Gasteiger partial charge in [-0.05, 0) is 76.2 Å².